The van der Waals surface area contributed by atoms with Crippen molar-refractivity contribution in [1.29, 1.82) is 0 Å². The molecule has 0 aliphatic heterocycles. The number of aromatic nitrogens is 2. The molecule has 5 heteroatoms. The minimum Gasteiger partial charge on any atom is -0.422 e. The summed E-state index contributed by atoms with van der Waals surface area (Å²) in [6, 6.07) is 0.720. The van der Waals surface area contributed by atoms with Crippen LogP contribution in [0.5, 0.6) is 0 Å². The Morgan fingerprint density at radius 3 is 2.81 bits per heavy atom. The third-order valence-electron chi connectivity index (χ3n) is 2.84. The van der Waals surface area contributed by atoms with Gasteiger partial charge in [0.05, 0.1) is 0 Å². The molecule has 1 aromatic heterocycles. The van der Waals surface area contributed by atoms with E-state index in [1.165, 1.54) is 12.8 Å². The van der Waals surface area contributed by atoms with Gasteiger partial charge in [0.1, 0.15) is 5.60 Å². The fourth-order valence-electron chi connectivity index (χ4n) is 1.36. The van der Waals surface area contributed by atoms with Gasteiger partial charge in [0.15, 0.2) is 0 Å². The van der Waals surface area contributed by atoms with Crippen LogP contribution in [0.2, 0.25) is 0 Å². The highest BCUT2D eigenvalue weighted by Gasteiger charge is 2.26. The summed E-state index contributed by atoms with van der Waals surface area (Å²) in [4.78, 5) is 0. The largest absolute Gasteiger partial charge is 0.422 e. The van der Waals surface area contributed by atoms with Crippen LogP contribution in [0.3, 0.4) is 0 Å². The van der Waals surface area contributed by atoms with E-state index in [0.717, 1.165) is 19.0 Å². The highest BCUT2D eigenvalue weighted by Crippen LogP contribution is 2.22. The molecule has 1 heterocycles. The zero-order valence-corrected chi connectivity index (χ0v) is 10.1. The molecule has 90 valence electrons. The van der Waals surface area contributed by atoms with Crippen LogP contribution in [0.15, 0.2) is 4.42 Å². The average molecular weight is 225 g/mol. The van der Waals surface area contributed by atoms with Crippen LogP contribution in [0.1, 0.15) is 38.5 Å². The maximum absolute atomic E-state index is 5.55. The summed E-state index contributed by atoms with van der Waals surface area (Å²) in [5.74, 6) is 1.21. The van der Waals surface area contributed by atoms with Gasteiger partial charge in [-0.3, -0.25) is 0 Å². The van der Waals surface area contributed by atoms with E-state index in [1.807, 2.05) is 13.8 Å². The fraction of sp³-hybridized carbons (Fsp3) is 0.818. The van der Waals surface area contributed by atoms with E-state index in [1.54, 1.807) is 7.11 Å². The first-order chi connectivity index (χ1) is 7.62. The maximum atomic E-state index is 5.55. The van der Waals surface area contributed by atoms with Gasteiger partial charge >= 0.3 is 0 Å². The van der Waals surface area contributed by atoms with E-state index >= 15 is 0 Å². The first kappa shape index (κ1) is 11.5. The predicted octanol–water partition coefficient (Wildman–Crippen LogP) is 1.25. The maximum Gasteiger partial charge on any atom is 0.247 e. The van der Waals surface area contributed by atoms with Crippen molar-refractivity contribution in [3.05, 3.63) is 11.8 Å². The molecular weight excluding hydrogens is 206 g/mol. The van der Waals surface area contributed by atoms with E-state index in [4.69, 9.17) is 9.15 Å². The topological polar surface area (TPSA) is 60.2 Å². The normalized spacial score (nSPS) is 16.7. The molecule has 0 amide bonds. The summed E-state index contributed by atoms with van der Waals surface area (Å²) >= 11 is 0. The van der Waals surface area contributed by atoms with Crippen LogP contribution >= 0.6 is 0 Å². The highest BCUT2D eigenvalue weighted by atomic mass is 16.5. The molecule has 2 rings (SSSR count). The number of rotatable bonds is 6. The third-order valence-corrected chi connectivity index (χ3v) is 2.84. The minimum absolute atomic E-state index is 0.505. The van der Waals surface area contributed by atoms with Crippen molar-refractivity contribution in [2.75, 3.05) is 13.7 Å². The van der Waals surface area contributed by atoms with E-state index in [0.29, 0.717) is 11.8 Å². The Morgan fingerprint density at radius 2 is 2.19 bits per heavy atom. The molecule has 0 saturated heterocycles. The van der Waals surface area contributed by atoms with Crippen LogP contribution in [0.4, 0.5) is 0 Å². The Balaban J connectivity index is 1.85. The van der Waals surface area contributed by atoms with Crippen LogP contribution < -0.4 is 5.32 Å². The highest BCUT2D eigenvalue weighted by molar-refractivity contribution is 4.93. The molecule has 16 heavy (non-hydrogen) atoms. The van der Waals surface area contributed by atoms with Crippen LogP contribution in [-0.2, 0) is 16.8 Å². The Kier molecular flexibility index (Phi) is 3.25. The molecule has 0 atom stereocenters. The molecule has 0 aromatic carbocycles. The molecule has 1 aromatic rings. The van der Waals surface area contributed by atoms with Gasteiger partial charge in [-0.2, -0.15) is 0 Å². The summed E-state index contributed by atoms with van der Waals surface area (Å²) < 4.78 is 10.8. The van der Waals surface area contributed by atoms with Crippen molar-refractivity contribution in [2.45, 2.75) is 44.8 Å². The lowest BCUT2D eigenvalue weighted by atomic mass is 10.1. The Hall–Kier alpha value is -0.940. The van der Waals surface area contributed by atoms with E-state index in [9.17, 15) is 0 Å². The molecule has 5 nitrogen and oxygen atoms in total. The summed E-state index contributed by atoms with van der Waals surface area (Å²) in [6.07, 6.45) is 3.38. The van der Waals surface area contributed by atoms with Gasteiger partial charge in [0.25, 0.3) is 0 Å². The molecular formula is C11H19N3O2. The number of nitrogens with zero attached hydrogens (tertiary/aromatic N) is 2. The SMILES string of the molecule is COC(C)(C)c1nnc(CCNC2CC2)o1. The Bertz CT molecular complexity index is 345. The first-order valence-electron chi connectivity index (χ1n) is 5.73. The Labute approximate surface area is 95.6 Å². The fourth-order valence-corrected chi connectivity index (χ4v) is 1.36. The van der Waals surface area contributed by atoms with Crippen LogP contribution in [-0.4, -0.2) is 29.9 Å². The van der Waals surface area contributed by atoms with Crippen molar-refractivity contribution in [3.8, 4) is 0 Å². The number of hydrogen-bond donors (Lipinski definition) is 1. The smallest absolute Gasteiger partial charge is 0.247 e. The summed E-state index contributed by atoms with van der Waals surface area (Å²) in [5.41, 5.74) is -0.505. The van der Waals surface area contributed by atoms with Crippen molar-refractivity contribution in [2.24, 2.45) is 0 Å². The zero-order chi connectivity index (χ0) is 11.6. The van der Waals surface area contributed by atoms with Gasteiger partial charge in [-0.05, 0) is 26.7 Å². The van der Waals surface area contributed by atoms with Crippen molar-refractivity contribution < 1.29 is 9.15 Å². The second kappa shape index (κ2) is 4.51. The van der Waals surface area contributed by atoms with Gasteiger partial charge in [-0.25, -0.2) is 0 Å². The Morgan fingerprint density at radius 1 is 1.44 bits per heavy atom. The third kappa shape index (κ3) is 2.80. The molecule has 1 fully saturated rings. The average Bonchev–Trinajstić information content (AvgIpc) is 2.94. The van der Waals surface area contributed by atoms with E-state index in [2.05, 4.69) is 15.5 Å². The van der Waals surface area contributed by atoms with E-state index in [-0.39, 0.29) is 0 Å². The lowest BCUT2D eigenvalue weighted by molar-refractivity contribution is -0.00451. The number of ether oxygens (including phenoxy) is 1. The number of methoxy groups -OCH3 is 1. The minimum atomic E-state index is -0.505. The van der Waals surface area contributed by atoms with Gasteiger partial charge in [0, 0.05) is 26.1 Å². The quantitative estimate of drug-likeness (QED) is 0.789. The lowest BCUT2D eigenvalue weighted by Gasteiger charge is -2.17. The molecule has 1 saturated carbocycles. The molecule has 1 aliphatic carbocycles. The standard InChI is InChI=1S/C11H19N3O2/c1-11(2,15-3)10-14-13-9(16-10)6-7-12-8-4-5-8/h8,12H,4-7H2,1-3H3. The number of nitrogens with one attached hydrogen (secondary N) is 1. The predicted molar refractivity (Wildman–Crippen MR) is 59.1 cm³/mol. The van der Waals surface area contributed by atoms with Crippen molar-refractivity contribution in [3.63, 3.8) is 0 Å². The second-order valence-corrected chi connectivity index (χ2v) is 4.69. The van der Waals surface area contributed by atoms with Crippen molar-refractivity contribution in [1.82, 2.24) is 15.5 Å². The summed E-state index contributed by atoms with van der Waals surface area (Å²) in [5, 5.41) is 11.4. The summed E-state index contributed by atoms with van der Waals surface area (Å²) in [7, 11) is 1.64. The lowest BCUT2D eigenvalue weighted by Crippen LogP contribution is -2.20. The van der Waals surface area contributed by atoms with Crippen molar-refractivity contribution >= 4 is 0 Å². The van der Waals surface area contributed by atoms with Gasteiger partial charge in [0.2, 0.25) is 11.8 Å². The molecule has 0 radical (unpaired) electrons. The molecule has 0 unspecified atom stereocenters. The molecule has 0 spiro atoms. The summed E-state index contributed by atoms with van der Waals surface area (Å²) in [6.45, 7) is 4.72. The van der Waals surface area contributed by atoms with E-state index < -0.39 is 5.60 Å². The monoisotopic (exact) mass is 225 g/mol. The zero-order valence-electron chi connectivity index (χ0n) is 10.1. The molecule has 0 bridgehead atoms. The van der Waals surface area contributed by atoms with Crippen LogP contribution in [0.25, 0.3) is 0 Å². The second-order valence-electron chi connectivity index (χ2n) is 4.69. The first-order valence-corrected chi connectivity index (χ1v) is 5.73. The molecule has 1 aliphatic rings. The van der Waals surface area contributed by atoms with Gasteiger partial charge in [-0.1, -0.05) is 0 Å². The van der Waals surface area contributed by atoms with Crippen LogP contribution in [0, 0.1) is 0 Å². The van der Waals surface area contributed by atoms with Gasteiger partial charge in [-0.15, -0.1) is 10.2 Å². The number of hydrogen-bond acceptors (Lipinski definition) is 5. The van der Waals surface area contributed by atoms with Gasteiger partial charge < -0.3 is 14.5 Å². The molecule has 1 N–H and O–H groups in total.